The minimum absolute atomic E-state index is 0. The lowest BCUT2D eigenvalue weighted by Gasteiger charge is -2.25. The lowest BCUT2D eigenvalue weighted by molar-refractivity contribution is 0.177. The predicted molar refractivity (Wildman–Crippen MR) is 141 cm³/mol. The van der Waals surface area contributed by atoms with Crippen LogP contribution in [0.25, 0.3) is 0 Å². The van der Waals surface area contributed by atoms with Gasteiger partial charge in [0, 0.05) is 32.7 Å². The second-order valence-electron chi connectivity index (χ2n) is 8.28. The van der Waals surface area contributed by atoms with E-state index in [2.05, 4.69) is 58.8 Å². The zero-order chi connectivity index (χ0) is 22.8. The monoisotopic (exact) mass is 571 g/mol. The molecule has 33 heavy (non-hydrogen) atoms. The van der Waals surface area contributed by atoms with Gasteiger partial charge in [-0.2, -0.15) is 5.10 Å². The molecule has 0 radical (unpaired) electrons. The van der Waals surface area contributed by atoms with Crippen molar-refractivity contribution in [2.24, 2.45) is 4.99 Å². The second kappa shape index (κ2) is 14.4. The summed E-state index contributed by atoms with van der Waals surface area (Å²) in [5.74, 6) is 3.50. The van der Waals surface area contributed by atoms with Crippen molar-refractivity contribution in [1.82, 2.24) is 30.3 Å². The van der Waals surface area contributed by atoms with Crippen molar-refractivity contribution in [3.05, 3.63) is 41.5 Å². The molecule has 0 amide bonds. The number of hydrogen-bond acceptors (Lipinski definition) is 6. The summed E-state index contributed by atoms with van der Waals surface area (Å²) < 4.78 is 12.9. The number of nitrogens with zero attached hydrogens (tertiary/aromatic N) is 5. The van der Waals surface area contributed by atoms with Crippen molar-refractivity contribution in [2.45, 2.75) is 51.9 Å². The standard InChI is InChI=1S/C23H37N7O2.HI/c1-5-24-23(26-19-9-12-22-27-21(17-31-4)28-30(22)16-19)25-15-18-7-10-20(11-8-18)32-14-6-13-29(2)3;/h7-8,10-11,19H,5-6,9,12-17H2,1-4H3,(H2,24,25,26);1H. The fourth-order valence-electron chi connectivity index (χ4n) is 3.61. The van der Waals surface area contributed by atoms with Crippen LogP contribution in [-0.2, 0) is 30.9 Å². The van der Waals surface area contributed by atoms with Crippen LogP contribution < -0.4 is 15.4 Å². The molecule has 1 aliphatic heterocycles. The van der Waals surface area contributed by atoms with E-state index in [1.165, 1.54) is 0 Å². The number of rotatable bonds is 11. The van der Waals surface area contributed by atoms with Crippen LogP contribution in [0.1, 0.15) is 37.0 Å². The third kappa shape index (κ3) is 9.09. The molecule has 0 saturated carbocycles. The highest BCUT2D eigenvalue weighted by atomic mass is 127. The molecule has 10 heteroatoms. The third-order valence-corrected chi connectivity index (χ3v) is 5.22. The fourth-order valence-corrected chi connectivity index (χ4v) is 3.61. The van der Waals surface area contributed by atoms with Crippen molar-refractivity contribution in [3.63, 3.8) is 0 Å². The van der Waals surface area contributed by atoms with E-state index in [9.17, 15) is 0 Å². The molecule has 2 aromatic rings. The molecule has 0 spiro atoms. The maximum absolute atomic E-state index is 5.81. The summed E-state index contributed by atoms with van der Waals surface area (Å²) in [5.41, 5.74) is 1.15. The number of fused-ring (bicyclic) bond motifs is 1. The molecule has 0 bridgehead atoms. The Morgan fingerprint density at radius 2 is 2.06 bits per heavy atom. The molecule has 0 aliphatic carbocycles. The van der Waals surface area contributed by atoms with E-state index in [1.807, 2.05) is 16.8 Å². The summed E-state index contributed by atoms with van der Waals surface area (Å²) in [5, 5.41) is 11.5. The molecule has 1 aromatic heterocycles. The molecule has 1 aliphatic rings. The first-order chi connectivity index (χ1) is 15.6. The molecule has 1 aromatic carbocycles. The molecule has 0 fully saturated rings. The van der Waals surface area contributed by atoms with Gasteiger partial charge in [0.1, 0.15) is 18.2 Å². The van der Waals surface area contributed by atoms with Gasteiger partial charge in [-0.25, -0.2) is 14.7 Å². The second-order valence-corrected chi connectivity index (χ2v) is 8.28. The Kier molecular flexibility index (Phi) is 11.9. The molecule has 1 unspecified atom stereocenters. The van der Waals surface area contributed by atoms with Gasteiger partial charge in [0.15, 0.2) is 11.8 Å². The van der Waals surface area contributed by atoms with E-state index in [0.29, 0.717) is 13.2 Å². The number of aryl methyl sites for hydroxylation is 1. The van der Waals surface area contributed by atoms with Gasteiger partial charge in [0.25, 0.3) is 0 Å². The van der Waals surface area contributed by atoms with Gasteiger partial charge in [0.05, 0.1) is 19.7 Å². The molecule has 1 atom stereocenters. The Bertz CT molecular complexity index is 855. The highest BCUT2D eigenvalue weighted by Crippen LogP contribution is 2.15. The number of nitrogens with one attached hydrogen (secondary N) is 2. The van der Waals surface area contributed by atoms with E-state index < -0.39 is 0 Å². The van der Waals surface area contributed by atoms with Crippen LogP contribution in [-0.4, -0.2) is 72.6 Å². The van der Waals surface area contributed by atoms with Crippen LogP contribution in [0, 0.1) is 0 Å². The Morgan fingerprint density at radius 3 is 2.76 bits per heavy atom. The Hall–Kier alpha value is -1.92. The van der Waals surface area contributed by atoms with Gasteiger partial charge in [-0.3, -0.25) is 0 Å². The molecule has 9 nitrogen and oxygen atoms in total. The van der Waals surface area contributed by atoms with Crippen LogP contribution in [0.15, 0.2) is 29.3 Å². The summed E-state index contributed by atoms with van der Waals surface area (Å²) in [6.07, 6.45) is 2.90. The zero-order valence-corrected chi connectivity index (χ0v) is 22.5. The van der Waals surface area contributed by atoms with E-state index in [-0.39, 0.29) is 30.0 Å². The Balaban J connectivity index is 0.00000385. The molecule has 3 rings (SSSR count). The van der Waals surface area contributed by atoms with Gasteiger partial charge in [-0.15, -0.1) is 24.0 Å². The van der Waals surface area contributed by atoms with E-state index >= 15 is 0 Å². The molecule has 2 N–H and O–H groups in total. The van der Waals surface area contributed by atoms with Crippen molar-refractivity contribution in [1.29, 1.82) is 0 Å². The summed E-state index contributed by atoms with van der Waals surface area (Å²) in [6.45, 7) is 6.47. The summed E-state index contributed by atoms with van der Waals surface area (Å²) >= 11 is 0. The van der Waals surface area contributed by atoms with E-state index in [4.69, 9.17) is 14.5 Å². The van der Waals surface area contributed by atoms with Crippen molar-refractivity contribution < 1.29 is 9.47 Å². The Labute approximate surface area is 214 Å². The minimum Gasteiger partial charge on any atom is -0.494 e. The fraction of sp³-hybridized carbons (Fsp3) is 0.609. The van der Waals surface area contributed by atoms with Crippen molar-refractivity contribution in [2.75, 3.05) is 40.9 Å². The van der Waals surface area contributed by atoms with Gasteiger partial charge in [0.2, 0.25) is 0 Å². The van der Waals surface area contributed by atoms with Gasteiger partial charge in [-0.1, -0.05) is 12.1 Å². The van der Waals surface area contributed by atoms with Crippen LogP contribution >= 0.6 is 24.0 Å². The van der Waals surface area contributed by atoms with Crippen molar-refractivity contribution in [3.8, 4) is 5.75 Å². The SMILES string of the molecule is CCNC(=NCc1ccc(OCCCN(C)C)cc1)NC1CCc2nc(COC)nn2C1.I. The molecule has 184 valence electrons. The summed E-state index contributed by atoms with van der Waals surface area (Å²) in [4.78, 5) is 11.5. The number of benzene rings is 1. The van der Waals surface area contributed by atoms with Gasteiger partial charge in [-0.05, 0) is 51.6 Å². The maximum Gasteiger partial charge on any atom is 0.191 e. The smallest absolute Gasteiger partial charge is 0.191 e. The third-order valence-electron chi connectivity index (χ3n) is 5.22. The predicted octanol–water partition coefficient (Wildman–Crippen LogP) is 2.44. The van der Waals surface area contributed by atoms with E-state index in [1.54, 1.807) is 7.11 Å². The molecule has 2 heterocycles. The van der Waals surface area contributed by atoms with Crippen LogP contribution in [0.4, 0.5) is 0 Å². The number of aromatic nitrogens is 3. The first kappa shape index (κ1) is 27.3. The number of hydrogen-bond donors (Lipinski definition) is 2. The summed E-state index contributed by atoms with van der Waals surface area (Å²) in [6, 6.07) is 8.45. The van der Waals surface area contributed by atoms with E-state index in [0.717, 1.165) is 74.4 Å². The molecular weight excluding hydrogens is 533 g/mol. The topological polar surface area (TPSA) is 88.8 Å². The van der Waals surface area contributed by atoms with Crippen molar-refractivity contribution >= 4 is 29.9 Å². The first-order valence-electron chi connectivity index (χ1n) is 11.4. The largest absolute Gasteiger partial charge is 0.494 e. The quantitative estimate of drug-likeness (QED) is 0.186. The van der Waals surface area contributed by atoms with Crippen LogP contribution in [0.3, 0.4) is 0 Å². The average Bonchev–Trinajstić information content (AvgIpc) is 3.18. The van der Waals surface area contributed by atoms with Gasteiger partial charge < -0.3 is 25.0 Å². The average molecular weight is 572 g/mol. The van der Waals surface area contributed by atoms with Crippen LogP contribution in [0.5, 0.6) is 5.75 Å². The zero-order valence-electron chi connectivity index (χ0n) is 20.2. The molecule has 0 saturated heterocycles. The highest BCUT2D eigenvalue weighted by molar-refractivity contribution is 14.0. The van der Waals surface area contributed by atoms with Crippen LogP contribution in [0.2, 0.25) is 0 Å². The summed E-state index contributed by atoms with van der Waals surface area (Å²) in [7, 11) is 5.81. The minimum atomic E-state index is 0. The lowest BCUT2D eigenvalue weighted by Crippen LogP contribution is -2.47. The number of halogens is 1. The number of guanidine groups is 1. The first-order valence-corrected chi connectivity index (χ1v) is 11.4. The molecular formula is C23H38IN7O2. The lowest BCUT2D eigenvalue weighted by atomic mass is 10.1. The Morgan fingerprint density at radius 1 is 1.27 bits per heavy atom. The van der Waals surface area contributed by atoms with Gasteiger partial charge >= 0.3 is 0 Å². The normalized spacial score (nSPS) is 15.7. The highest BCUT2D eigenvalue weighted by Gasteiger charge is 2.22. The number of methoxy groups -OCH3 is 1. The number of ether oxygens (including phenoxy) is 2. The maximum atomic E-state index is 5.81. The number of aliphatic imine (C=N–C) groups is 1.